The summed E-state index contributed by atoms with van der Waals surface area (Å²) in [6, 6.07) is 5.55. The Kier molecular flexibility index (Phi) is 11.2. The lowest BCUT2D eigenvalue weighted by molar-refractivity contribution is -0.133. The van der Waals surface area contributed by atoms with Crippen molar-refractivity contribution in [2.45, 2.75) is 58.4 Å². The highest BCUT2D eigenvalue weighted by Crippen LogP contribution is 2.26. The molecule has 7 nitrogen and oxygen atoms in total. The summed E-state index contributed by atoms with van der Waals surface area (Å²) in [6.45, 7) is 4.38. The molecule has 0 amide bonds. The van der Waals surface area contributed by atoms with Gasteiger partial charge in [-0.15, -0.1) is 0 Å². The van der Waals surface area contributed by atoms with Crippen molar-refractivity contribution in [1.29, 1.82) is 0 Å². The topological polar surface area (TPSA) is 96.2 Å². The monoisotopic (exact) mass is 506 g/mol. The molecule has 2 aromatic rings. The van der Waals surface area contributed by atoms with E-state index >= 15 is 0 Å². The molecule has 0 saturated carbocycles. The maximum Gasteiger partial charge on any atom is 0.335 e. The van der Waals surface area contributed by atoms with Crippen molar-refractivity contribution in [1.82, 2.24) is 20.2 Å². The molecule has 2 atom stereocenters. The third-order valence-corrected chi connectivity index (χ3v) is 5.46. The molecule has 4 rings (SSSR count). The smallest absolute Gasteiger partial charge is 0.335 e. The molecule has 1 aliphatic heterocycles. The fourth-order valence-corrected chi connectivity index (χ4v) is 3.89. The van der Waals surface area contributed by atoms with Crippen LogP contribution >= 0.6 is 9.24 Å². The van der Waals surface area contributed by atoms with Gasteiger partial charge in [-0.1, -0.05) is 41.3 Å². The predicted molar refractivity (Wildman–Crippen MR) is 139 cm³/mol. The van der Waals surface area contributed by atoms with E-state index in [-0.39, 0.29) is 11.1 Å². The van der Waals surface area contributed by atoms with Crippen LogP contribution in [-0.2, 0) is 18.4 Å². The number of nitrogens with one attached hydrogen (secondary N) is 2. The Labute approximate surface area is 206 Å². The fraction of sp³-hybridized carbons (Fsp3) is 0.400. The molecule has 190 valence electrons. The Morgan fingerprint density at radius 1 is 1.34 bits per heavy atom. The molecule has 0 spiro atoms. The zero-order valence-electron chi connectivity index (χ0n) is 20.2. The highest BCUT2D eigenvalue weighted by atomic mass is 31.0. The molecule has 2 unspecified atom stereocenters. The molecule has 1 aliphatic carbocycles. The fourth-order valence-electron chi connectivity index (χ4n) is 3.89. The number of aliphatic carboxylic acids is 1. The van der Waals surface area contributed by atoms with Crippen LogP contribution in [0.3, 0.4) is 0 Å². The Morgan fingerprint density at radius 2 is 2.06 bits per heavy atom. The van der Waals surface area contributed by atoms with Gasteiger partial charge in [0.25, 0.3) is 5.56 Å². The molecule has 3 N–H and O–H groups in total. The highest BCUT2D eigenvalue weighted by Gasteiger charge is 2.21. The van der Waals surface area contributed by atoms with E-state index in [1.165, 1.54) is 15.7 Å². The predicted octanol–water partition coefficient (Wildman–Crippen LogP) is 4.54. The Bertz CT molecular complexity index is 1170. The van der Waals surface area contributed by atoms with Crippen molar-refractivity contribution >= 4 is 31.7 Å². The van der Waals surface area contributed by atoms with Crippen LogP contribution in [0.15, 0.2) is 53.0 Å². The second-order valence-corrected chi connectivity index (χ2v) is 8.19. The lowest BCUT2D eigenvalue weighted by Crippen LogP contribution is -2.44. The molecule has 1 aromatic heterocycles. The summed E-state index contributed by atoms with van der Waals surface area (Å²) in [5, 5.41) is 16.2. The SMILES string of the molecule is CC.Cn1c(C2=CCCCC2)nc2c(CNC3NC=CC=C3C(=O)O)cccc2c1=O.FC(F)P. The Hall–Kier alpha value is -2.90. The average Bonchev–Trinajstić information content (AvgIpc) is 2.86. The van der Waals surface area contributed by atoms with Gasteiger partial charge in [-0.25, -0.2) is 18.6 Å². The second-order valence-electron chi connectivity index (χ2n) is 7.69. The standard InChI is InChI=1S/C22H24N4O3.C2H6.CH3F2P/c1-26-20(14-7-3-2-4-8-14)25-18-15(9-5-10-16(18)21(26)27)13-24-19-17(22(28)29)11-6-12-23-19;1-2;2-1(3)4/h5-7,9-12,19,23-24H,2-4,8,13H2,1H3,(H,28,29);1-2H3;1H,4H2. The zero-order chi connectivity index (χ0) is 26.0. The number of para-hydroxylation sites is 1. The van der Waals surface area contributed by atoms with Crippen molar-refractivity contribution in [3.8, 4) is 0 Å². The third-order valence-electron chi connectivity index (χ3n) is 5.46. The van der Waals surface area contributed by atoms with Gasteiger partial charge in [-0.05, 0) is 61.2 Å². The Balaban J connectivity index is 0.000000655. The first-order valence-corrected chi connectivity index (χ1v) is 12.3. The van der Waals surface area contributed by atoms with Gasteiger partial charge in [0.1, 0.15) is 12.0 Å². The first kappa shape index (κ1) is 28.3. The van der Waals surface area contributed by atoms with E-state index in [1.54, 1.807) is 36.0 Å². The van der Waals surface area contributed by atoms with Gasteiger partial charge in [0.2, 0.25) is 6.17 Å². The van der Waals surface area contributed by atoms with Crippen molar-refractivity contribution in [3.63, 3.8) is 0 Å². The lowest BCUT2D eigenvalue weighted by Gasteiger charge is -2.22. The molecular formula is C25H33F2N4O3P. The van der Waals surface area contributed by atoms with Crippen LogP contribution in [-0.4, -0.2) is 33.0 Å². The average molecular weight is 507 g/mol. The van der Waals surface area contributed by atoms with Crippen LogP contribution in [0.5, 0.6) is 0 Å². The number of rotatable bonds is 5. The van der Waals surface area contributed by atoms with Gasteiger partial charge in [0, 0.05) is 13.6 Å². The molecule has 0 bridgehead atoms. The summed E-state index contributed by atoms with van der Waals surface area (Å²) < 4.78 is 22.2. The molecule has 10 heteroatoms. The molecule has 35 heavy (non-hydrogen) atoms. The van der Waals surface area contributed by atoms with Gasteiger partial charge in [0.15, 0.2) is 0 Å². The minimum Gasteiger partial charge on any atom is -0.478 e. The van der Waals surface area contributed by atoms with Crippen LogP contribution in [0.1, 0.15) is 50.9 Å². The van der Waals surface area contributed by atoms with Gasteiger partial charge < -0.3 is 10.4 Å². The van der Waals surface area contributed by atoms with Crippen molar-refractivity contribution in [2.75, 3.05) is 0 Å². The normalized spacial score (nSPS) is 16.8. The summed E-state index contributed by atoms with van der Waals surface area (Å²) in [5.74, 6) is -0.254. The largest absolute Gasteiger partial charge is 0.478 e. The molecule has 1 aromatic carbocycles. The van der Waals surface area contributed by atoms with Gasteiger partial charge in [0.05, 0.1) is 16.5 Å². The van der Waals surface area contributed by atoms with E-state index in [1.807, 2.05) is 26.0 Å². The highest BCUT2D eigenvalue weighted by molar-refractivity contribution is 7.16. The first-order valence-electron chi connectivity index (χ1n) is 11.6. The number of benzene rings is 1. The van der Waals surface area contributed by atoms with E-state index in [9.17, 15) is 23.5 Å². The van der Waals surface area contributed by atoms with Gasteiger partial charge in [-0.2, -0.15) is 0 Å². The van der Waals surface area contributed by atoms with Gasteiger partial charge >= 0.3 is 5.97 Å². The summed E-state index contributed by atoms with van der Waals surface area (Å²) >= 11 is 0. The number of nitrogens with zero attached hydrogens (tertiary/aromatic N) is 2. The summed E-state index contributed by atoms with van der Waals surface area (Å²) in [7, 11) is 3.09. The number of hydrogen-bond acceptors (Lipinski definition) is 5. The quantitative estimate of drug-likeness (QED) is 0.515. The van der Waals surface area contributed by atoms with E-state index < -0.39 is 18.3 Å². The number of hydrogen-bond donors (Lipinski definition) is 3. The molecule has 0 saturated heterocycles. The Morgan fingerprint density at radius 3 is 2.69 bits per heavy atom. The molecule has 2 heterocycles. The number of fused-ring (bicyclic) bond motifs is 1. The maximum absolute atomic E-state index is 13.0. The van der Waals surface area contributed by atoms with E-state index in [4.69, 9.17) is 4.98 Å². The van der Waals surface area contributed by atoms with E-state index in [2.05, 4.69) is 16.7 Å². The van der Waals surface area contributed by atoms with Crippen molar-refractivity contribution < 1.29 is 18.7 Å². The molecule has 0 radical (unpaired) electrons. The number of halogens is 2. The number of carboxylic acids is 1. The minimum absolute atomic E-state index is 0.0665. The summed E-state index contributed by atoms with van der Waals surface area (Å²) in [5.41, 5.74) is 2.82. The summed E-state index contributed by atoms with van der Waals surface area (Å²) in [4.78, 5) is 29.3. The van der Waals surface area contributed by atoms with E-state index in [0.717, 1.165) is 36.2 Å². The van der Waals surface area contributed by atoms with Crippen molar-refractivity contribution in [2.24, 2.45) is 7.05 Å². The number of carboxylic acid groups (broad SMARTS) is 1. The lowest BCUT2D eigenvalue weighted by atomic mass is 9.98. The van der Waals surface area contributed by atoms with E-state index in [0.29, 0.717) is 17.4 Å². The second kappa shape index (κ2) is 13.9. The number of aromatic nitrogens is 2. The molecular weight excluding hydrogens is 473 g/mol. The molecule has 2 aliphatic rings. The van der Waals surface area contributed by atoms with Crippen LogP contribution in [0.4, 0.5) is 8.78 Å². The third kappa shape index (κ3) is 7.54. The van der Waals surface area contributed by atoms with Crippen LogP contribution < -0.4 is 16.2 Å². The van der Waals surface area contributed by atoms with Gasteiger partial charge in [-0.3, -0.25) is 14.7 Å². The summed E-state index contributed by atoms with van der Waals surface area (Å²) in [6.07, 6.45) is 8.57. The van der Waals surface area contributed by atoms with Crippen molar-refractivity contribution in [3.05, 3.63) is 69.9 Å². The van der Waals surface area contributed by atoms with Crippen LogP contribution in [0.2, 0.25) is 0 Å². The number of allylic oxidation sites excluding steroid dienone is 4. The molecule has 0 fully saturated rings. The van der Waals surface area contributed by atoms with Crippen LogP contribution in [0.25, 0.3) is 16.5 Å². The minimum atomic E-state index is -2.25. The number of alkyl halides is 2. The first-order chi connectivity index (χ1) is 16.8. The van der Waals surface area contributed by atoms with Crippen LogP contribution in [0, 0.1) is 0 Å². The zero-order valence-corrected chi connectivity index (χ0v) is 21.4. The number of dihydropyridines is 1. The maximum atomic E-state index is 13.0. The number of carbonyl (C=O) groups is 1.